The standard InChI is InChI=1S/C26H29N5O3S2/c1-3-18-16-27-25(28-17-18)31-13-10-19(11-14-31)12-15-34-26-30-23-9-8-22(29-24(23)35-26)20-4-6-21(7-5-20)36(2,32)33/h4-9,16-17,19H,3,10-15H2,1-2H3. The molecule has 0 N–H and O–H groups in total. The van der Waals surface area contributed by atoms with Gasteiger partial charge >= 0.3 is 0 Å². The van der Waals surface area contributed by atoms with Gasteiger partial charge in [0.25, 0.3) is 5.19 Å². The Morgan fingerprint density at radius 3 is 2.42 bits per heavy atom. The number of anilines is 1. The van der Waals surface area contributed by atoms with Gasteiger partial charge in [-0.2, -0.15) is 0 Å². The first-order chi connectivity index (χ1) is 17.4. The highest BCUT2D eigenvalue weighted by molar-refractivity contribution is 7.90. The second kappa shape index (κ2) is 10.5. The largest absolute Gasteiger partial charge is 0.470 e. The van der Waals surface area contributed by atoms with E-state index in [1.807, 2.05) is 24.5 Å². The van der Waals surface area contributed by atoms with Gasteiger partial charge in [0.05, 0.1) is 17.2 Å². The molecule has 0 saturated carbocycles. The zero-order valence-electron chi connectivity index (χ0n) is 20.4. The average Bonchev–Trinajstić information content (AvgIpc) is 3.31. The van der Waals surface area contributed by atoms with Crippen molar-refractivity contribution in [2.75, 3.05) is 30.9 Å². The highest BCUT2D eigenvalue weighted by atomic mass is 32.2. The van der Waals surface area contributed by atoms with Crippen molar-refractivity contribution < 1.29 is 13.2 Å². The zero-order valence-corrected chi connectivity index (χ0v) is 22.1. The summed E-state index contributed by atoms with van der Waals surface area (Å²) in [6, 6.07) is 10.6. The van der Waals surface area contributed by atoms with Gasteiger partial charge in [-0.3, -0.25) is 0 Å². The van der Waals surface area contributed by atoms with Crippen LogP contribution in [0.15, 0.2) is 53.7 Å². The molecule has 8 nitrogen and oxygen atoms in total. The third kappa shape index (κ3) is 5.65. The van der Waals surface area contributed by atoms with E-state index < -0.39 is 9.84 Å². The van der Waals surface area contributed by atoms with Crippen LogP contribution in [-0.2, 0) is 16.3 Å². The number of benzene rings is 1. The first-order valence-corrected chi connectivity index (χ1v) is 14.9. The molecule has 5 rings (SSSR count). The first kappa shape index (κ1) is 24.6. The summed E-state index contributed by atoms with van der Waals surface area (Å²) in [6.45, 7) is 4.67. The van der Waals surface area contributed by atoms with E-state index >= 15 is 0 Å². The van der Waals surface area contributed by atoms with E-state index in [-0.39, 0.29) is 0 Å². The second-order valence-electron chi connectivity index (χ2n) is 9.11. The molecular formula is C26H29N5O3S2. The third-order valence-electron chi connectivity index (χ3n) is 6.56. The number of ether oxygens (including phenoxy) is 1. The maximum Gasteiger partial charge on any atom is 0.275 e. The van der Waals surface area contributed by atoms with Crippen LogP contribution in [0.1, 0.15) is 31.7 Å². The summed E-state index contributed by atoms with van der Waals surface area (Å²) < 4.78 is 29.4. The molecule has 0 aliphatic carbocycles. The number of hydrogen-bond donors (Lipinski definition) is 0. The van der Waals surface area contributed by atoms with E-state index in [4.69, 9.17) is 9.72 Å². The van der Waals surface area contributed by atoms with E-state index in [1.165, 1.54) is 17.6 Å². The quantitative estimate of drug-likeness (QED) is 0.325. The predicted octanol–water partition coefficient (Wildman–Crippen LogP) is 4.80. The SMILES string of the molecule is CCc1cnc(N2CCC(CCOc3nc4ccc(-c5ccc(S(C)(=O)=O)cc5)nc4s3)CC2)nc1. The van der Waals surface area contributed by atoms with Gasteiger partial charge in [0.15, 0.2) is 9.84 Å². The molecule has 10 heteroatoms. The van der Waals surface area contributed by atoms with Crippen molar-refractivity contribution in [2.24, 2.45) is 5.92 Å². The van der Waals surface area contributed by atoms with Crippen LogP contribution in [0.2, 0.25) is 0 Å². The number of pyridine rings is 1. The lowest BCUT2D eigenvalue weighted by Gasteiger charge is -2.31. The van der Waals surface area contributed by atoms with Gasteiger partial charge in [-0.25, -0.2) is 28.4 Å². The molecule has 0 spiro atoms. The number of fused-ring (bicyclic) bond motifs is 1. The normalized spacial score (nSPS) is 14.9. The Balaban J connectivity index is 1.14. The van der Waals surface area contributed by atoms with Gasteiger partial charge in [-0.05, 0) is 61.4 Å². The van der Waals surface area contributed by atoms with Crippen LogP contribution in [-0.4, -0.2) is 54.3 Å². The lowest BCUT2D eigenvalue weighted by molar-refractivity contribution is 0.257. The molecule has 1 aliphatic rings. The number of aryl methyl sites for hydroxylation is 1. The number of thiazole rings is 1. The van der Waals surface area contributed by atoms with Gasteiger partial charge < -0.3 is 9.64 Å². The Labute approximate surface area is 215 Å². The average molecular weight is 524 g/mol. The second-order valence-corrected chi connectivity index (χ2v) is 12.1. The van der Waals surface area contributed by atoms with E-state index in [0.717, 1.165) is 71.9 Å². The fourth-order valence-corrected chi connectivity index (χ4v) is 5.77. The van der Waals surface area contributed by atoms with Crippen LogP contribution in [0.4, 0.5) is 5.95 Å². The molecule has 188 valence electrons. The fourth-order valence-electron chi connectivity index (χ4n) is 4.32. The molecule has 36 heavy (non-hydrogen) atoms. The van der Waals surface area contributed by atoms with Crippen molar-refractivity contribution in [3.63, 3.8) is 0 Å². The summed E-state index contributed by atoms with van der Waals surface area (Å²) in [4.78, 5) is 21.7. The molecule has 0 unspecified atom stereocenters. The Morgan fingerprint density at radius 1 is 1.03 bits per heavy atom. The Bertz CT molecular complexity index is 1430. The summed E-state index contributed by atoms with van der Waals surface area (Å²) >= 11 is 1.44. The maximum absolute atomic E-state index is 11.7. The van der Waals surface area contributed by atoms with Crippen LogP contribution in [0.5, 0.6) is 5.19 Å². The number of piperidine rings is 1. The number of nitrogens with zero attached hydrogens (tertiary/aromatic N) is 5. The Hall–Kier alpha value is -3.11. The van der Waals surface area contributed by atoms with Gasteiger partial charge in [0.1, 0.15) is 10.3 Å². The maximum atomic E-state index is 11.7. The van der Waals surface area contributed by atoms with E-state index in [2.05, 4.69) is 26.8 Å². The van der Waals surface area contributed by atoms with Crippen molar-refractivity contribution in [3.8, 4) is 16.5 Å². The lowest BCUT2D eigenvalue weighted by atomic mass is 9.94. The lowest BCUT2D eigenvalue weighted by Crippen LogP contribution is -2.35. The summed E-state index contributed by atoms with van der Waals surface area (Å²) in [5.41, 5.74) is 3.60. The van der Waals surface area contributed by atoms with Gasteiger partial charge in [0.2, 0.25) is 5.95 Å². The van der Waals surface area contributed by atoms with E-state index in [9.17, 15) is 8.42 Å². The molecule has 0 amide bonds. The topological polar surface area (TPSA) is 98.2 Å². The summed E-state index contributed by atoms with van der Waals surface area (Å²) in [5, 5.41) is 0.629. The van der Waals surface area contributed by atoms with Crippen LogP contribution >= 0.6 is 11.3 Å². The molecular weight excluding hydrogens is 494 g/mol. The van der Waals surface area contributed by atoms with Gasteiger partial charge in [-0.1, -0.05) is 30.4 Å². The van der Waals surface area contributed by atoms with Crippen molar-refractivity contribution in [3.05, 3.63) is 54.4 Å². The molecule has 0 radical (unpaired) electrons. The molecule has 4 heterocycles. The highest BCUT2D eigenvalue weighted by Crippen LogP contribution is 2.30. The number of hydrogen-bond acceptors (Lipinski definition) is 9. The summed E-state index contributed by atoms with van der Waals surface area (Å²) in [7, 11) is -3.22. The number of rotatable bonds is 8. The monoisotopic (exact) mass is 523 g/mol. The van der Waals surface area contributed by atoms with Crippen molar-refractivity contribution >= 4 is 37.5 Å². The smallest absolute Gasteiger partial charge is 0.275 e. The van der Waals surface area contributed by atoms with E-state index in [1.54, 1.807) is 24.3 Å². The minimum absolute atomic E-state index is 0.297. The summed E-state index contributed by atoms with van der Waals surface area (Å²) in [5.74, 6) is 1.44. The predicted molar refractivity (Wildman–Crippen MR) is 142 cm³/mol. The number of sulfone groups is 1. The molecule has 0 atom stereocenters. The molecule has 1 aromatic carbocycles. The van der Waals surface area contributed by atoms with Crippen LogP contribution in [0, 0.1) is 5.92 Å². The first-order valence-electron chi connectivity index (χ1n) is 12.2. The Morgan fingerprint density at radius 2 is 1.75 bits per heavy atom. The fraction of sp³-hybridized carbons (Fsp3) is 0.385. The van der Waals surface area contributed by atoms with Crippen molar-refractivity contribution in [1.29, 1.82) is 0 Å². The molecule has 0 bridgehead atoms. The molecule has 4 aromatic rings. The molecule has 1 saturated heterocycles. The molecule has 1 aliphatic heterocycles. The van der Waals surface area contributed by atoms with Gasteiger partial charge in [-0.15, -0.1) is 0 Å². The van der Waals surface area contributed by atoms with Crippen LogP contribution < -0.4 is 9.64 Å². The van der Waals surface area contributed by atoms with Crippen LogP contribution in [0.25, 0.3) is 21.6 Å². The minimum atomic E-state index is -3.22. The molecule has 1 fully saturated rings. The number of aromatic nitrogens is 4. The molecule has 3 aromatic heterocycles. The summed E-state index contributed by atoms with van der Waals surface area (Å²) in [6.07, 6.45) is 9.20. The third-order valence-corrected chi connectivity index (χ3v) is 8.57. The zero-order chi connectivity index (χ0) is 25.1. The minimum Gasteiger partial charge on any atom is -0.470 e. The van der Waals surface area contributed by atoms with Crippen LogP contribution in [0.3, 0.4) is 0 Å². The van der Waals surface area contributed by atoms with Crippen molar-refractivity contribution in [2.45, 2.75) is 37.5 Å². The van der Waals surface area contributed by atoms with Crippen molar-refractivity contribution in [1.82, 2.24) is 19.9 Å². The van der Waals surface area contributed by atoms with E-state index in [0.29, 0.717) is 22.6 Å². The van der Waals surface area contributed by atoms with Gasteiger partial charge in [0, 0.05) is 37.3 Å². The Kier molecular flexibility index (Phi) is 7.15. The highest BCUT2D eigenvalue weighted by Gasteiger charge is 2.21.